The number of esters is 3. The van der Waals surface area contributed by atoms with Crippen molar-refractivity contribution in [3.63, 3.8) is 0 Å². The van der Waals surface area contributed by atoms with Crippen LogP contribution in [-0.4, -0.2) is 24.0 Å². The molecule has 244 valence electrons. The summed E-state index contributed by atoms with van der Waals surface area (Å²) in [6.45, 7) is 2.63. The van der Waals surface area contributed by atoms with Crippen molar-refractivity contribution in [2.75, 3.05) is 11.5 Å². The molecule has 0 saturated carbocycles. The zero-order chi connectivity index (χ0) is 31.8. The summed E-state index contributed by atoms with van der Waals surface area (Å²) in [6.07, 6.45) is 15.3. The Morgan fingerprint density at radius 1 is 0.545 bits per heavy atom. The zero-order valence-electron chi connectivity index (χ0n) is 26.7. The van der Waals surface area contributed by atoms with Gasteiger partial charge in [0.05, 0.1) is 12.8 Å². The van der Waals surface area contributed by atoms with Gasteiger partial charge in [0, 0.05) is 17.8 Å². The molecular formula is C36H54N2O6. The standard InChI is InChI=1S/C36H54N2O6/c1-2-3-4-11-14-33(44-36(41)26-25-35(40)43-28-30-19-23-32(38)24-20-30)15-12-9-7-5-6-8-10-13-16-34(39)42-27-29-17-21-31(37)22-18-29/h17-24,33H,2-16,25-28,37-38H2,1H3/t33-/m1/s1. The average molecular weight is 611 g/mol. The topological polar surface area (TPSA) is 131 Å². The molecular weight excluding hydrogens is 556 g/mol. The first-order valence-corrected chi connectivity index (χ1v) is 16.5. The van der Waals surface area contributed by atoms with E-state index in [2.05, 4.69) is 6.92 Å². The maximum atomic E-state index is 12.5. The number of hydrogen-bond acceptors (Lipinski definition) is 8. The fourth-order valence-electron chi connectivity index (χ4n) is 4.91. The van der Waals surface area contributed by atoms with Crippen molar-refractivity contribution >= 4 is 29.3 Å². The number of benzene rings is 2. The van der Waals surface area contributed by atoms with E-state index in [4.69, 9.17) is 25.7 Å². The Kier molecular flexibility index (Phi) is 19.1. The number of ether oxygens (including phenoxy) is 3. The summed E-state index contributed by atoms with van der Waals surface area (Å²) in [5, 5.41) is 0. The van der Waals surface area contributed by atoms with Crippen molar-refractivity contribution in [1.29, 1.82) is 0 Å². The number of anilines is 2. The highest BCUT2D eigenvalue weighted by Crippen LogP contribution is 2.18. The average Bonchev–Trinajstić information content (AvgIpc) is 3.02. The molecule has 0 spiro atoms. The number of carbonyl (C=O) groups is 3. The van der Waals surface area contributed by atoms with Crippen LogP contribution in [0.5, 0.6) is 0 Å². The Labute approximate surface area is 264 Å². The van der Waals surface area contributed by atoms with Crippen LogP contribution in [0.2, 0.25) is 0 Å². The largest absolute Gasteiger partial charge is 0.462 e. The van der Waals surface area contributed by atoms with Gasteiger partial charge < -0.3 is 25.7 Å². The maximum absolute atomic E-state index is 12.5. The normalized spacial score (nSPS) is 11.6. The van der Waals surface area contributed by atoms with Gasteiger partial charge in [0.2, 0.25) is 0 Å². The van der Waals surface area contributed by atoms with Gasteiger partial charge in [-0.15, -0.1) is 0 Å². The molecule has 0 radical (unpaired) electrons. The molecule has 0 saturated heterocycles. The SMILES string of the molecule is CCCCCC[C@H](CCCCCCCCCCC(=O)OCc1ccc(N)cc1)OC(=O)CCC(=O)OCc1ccc(N)cc1. The smallest absolute Gasteiger partial charge is 0.306 e. The Morgan fingerprint density at radius 3 is 1.45 bits per heavy atom. The Bertz CT molecular complexity index is 1070. The molecule has 2 rings (SSSR count). The van der Waals surface area contributed by atoms with Crippen LogP contribution in [-0.2, 0) is 41.8 Å². The van der Waals surface area contributed by atoms with Crippen LogP contribution in [0.4, 0.5) is 11.4 Å². The van der Waals surface area contributed by atoms with Gasteiger partial charge in [-0.3, -0.25) is 14.4 Å². The minimum Gasteiger partial charge on any atom is -0.462 e. The number of rotatable bonds is 24. The second kappa shape index (κ2) is 22.9. The molecule has 0 amide bonds. The predicted molar refractivity (Wildman–Crippen MR) is 175 cm³/mol. The highest BCUT2D eigenvalue weighted by molar-refractivity contribution is 5.77. The van der Waals surface area contributed by atoms with Crippen molar-refractivity contribution < 1.29 is 28.6 Å². The van der Waals surface area contributed by atoms with E-state index < -0.39 is 5.97 Å². The minimum atomic E-state index is -0.410. The van der Waals surface area contributed by atoms with Crippen LogP contribution in [0.1, 0.15) is 127 Å². The molecule has 0 aliphatic rings. The fraction of sp³-hybridized carbons (Fsp3) is 0.583. The monoisotopic (exact) mass is 610 g/mol. The van der Waals surface area contributed by atoms with Gasteiger partial charge in [0.1, 0.15) is 19.3 Å². The first-order valence-electron chi connectivity index (χ1n) is 16.5. The Morgan fingerprint density at radius 2 is 0.955 bits per heavy atom. The van der Waals surface area contributed by atoms with Gasteiger partial charge in [0.15, 0.2) is 0 Å². The van der Waals surface area contributed by atoms with Crippen molar-refractivity contribution in [3.8, 4) is 0 Å². The molecule has 2 aromatic rings. The summed E-state index contributed by atoms with van der Waals surface area (Å²) in [4.78, 5) is 36.6. The molecule has 0 fully saturated rings. The van der Waals surface area contributed by atoms with Crippen LogP contribution in [0.3, 0.4) is 0 Å². The van der Waals surface area contributed by atoms with E-state index in [1.165, 1.54) is 12.8 Å². The second-order valence-electron chi connectivity index (χ2n) is 11.6. The molecule has 0 aromatic heterocycles. The third-order valence-corrected chi connectivity index (χ3v) is 7.63. The second-order valence-corrected chi connectivity index (χ2v) is 11.6. The van der Waals surface area contributed by atoms with Crippen molar-refractivity contribution in [1.82, 2.24) is 0 Å². The van der Waals surface area contributed by atoms with Crippen molar-refractivity contribution in [3.05, 3.63) is 59.7 Å². The molecule has 0 aliphatic heterocycles. The highest BCUT2D eigenvalue weighted by atomic mass is 16.5. The lowest BCUT2D eigenvalue weighted by Crippen LogP contribution is -2.19. The molecule has 2 aromatic carbocycles. The molecule has 0 unspecified atom stereocenters. The van der Waals surface area contributed by atoms with E-state index in [0.29, 0.717) is 24.4 Å². The minimum absolute atomic E-state index is 0.0150. The summed E-state index contributed by atoms with van der Waals surface area (Å²) < 4.78 is 16.4. The van der Waals surface area contributed by atoms with Crippen LogP contribution in [0.25, 0.3) is 0 Å². The van der Waals surface area contributed by atoms with E-state index in [-0.39, 0.29) is 37.5 Å². The lowest BCUT2D eigenvalue weighted by Gasteiger charge is -2.18. The number of carbonyl (C=O) groups excluding carboxylic acids is 3. The highest BCUT2D eigenvalue weighted by Gasteiger charge is 2.16. The molecule has 4 N–H and O–H groups in total. The summed E-state index contributed by atoms with van der Waals surface area (Å²) in [6, 6.07) is 14.5. The fourth-order valence-corrected chi connectivity index (χ4v) is 4.91. The molecule has 1 atom stereocenters. The third-order valence-electron chi connectivity index (χ3n) is 7.63. The first kappa shape index (κ1) is 36.6. The summed E-state index contributed by atoms with van der Waals surface area (Å²) in [7, 11) is 0. The van der Waals surface area contributed by atoms with E-state index in [0.717, 1.165) is 88.2 Å². The molecule has 0 aliphatic carbocycles. The number of nitrogens with two attached hydrogens (primary N) is 2. The van der Waals surface area contributed by atoms with Crippen molar-refractivity contribution in [2.24, 2.45) is 0 Å². The Hall–Kier alpha value is -3.55. The third kappa shape index (κ3) is 18.2. The lowest BCUT2D eigenvalue weighted by molar-refractivity contribution is -0.154. The van der Waals surface area contributed by atoms with Gasteiger partial charge >= 0.3 is 17.9 Å². The van der Waals surface area contributed by atoms with Gasteiger partial charge in [-0.05, 0) is 67.5 Å². The molecule has 0 heterocycles. The van der Waals surface area contributed by atoms with Crippen LogP contribution in [0.15, 0.2) is 48.5 Å². The number of unbranched alkanes of at least 4 members (excludes halogenated alkanes) is 10. The summed E-state index contributed by atoms with van der Waals surface area (Å²) in [5.41, 5.74) is 14.5. The number of nitrogen functional groups attached to an aromatic ring is 2. The lowest BCUT2D eigenvalue weighted by atomic mass is 10.0. The van der Waals surface area contributed by atoms with E-state index in [1.54, 1.807) is 24.3 Å². The van der Waals surface area contributed by atoms with Crippen LogP contribution >= 0.6 is 0 Å². The quantitative estimate of drug-likeness (QED) is 0.0526. The molecule has 0 bridgehead atoms. The first-order chi connectivity index (χ1) is 21.4. The molecule has 8 heteroatoms. The van der Waals surface area contributed by atoms with Crippen molar-refractivity contribution in [2.45, 2.75) is 135 Å². The van der Waals surface area contributed by atoms with E-state index >= 15 is 0 Å². The van der Waals surface area contributed by atoms with Gasteiger partial charge in [-0.2, -0.15) is 0 Å². The maximum Gasteiger partial charge on any atom is 0.306 e. The summed E-state index contributed by atoms with van der Waals surface area (Å²) >= 11 is 0. The molecule has 44 heavy (non-hydrogen) atoms. The van der Waals surface area contributed by atoms with E-state index in [9.17, 15) is 14.4 Å². The predicted octanol–water partition coefficient (Wildman–Crippen LogP) is 8.20. The molecule has 8 nitrogen and oxygen atoms in total. The Balaban J connectivity index is 1.52. The zero-order valence-corrected chi connectivity index (χ0v) is 26.7. The van der Waals surface area contributed by atoms with E-state index in [1.807, 2.05) is 24.3 Å². The number of hydrogen-bond donors (Lipinski definition) is 2. The van der Waals surface area contributed by atoms with Gasteiger partial charge in [-0.1, -0.05) is 89.0 Å². The van der Waals surface area contributed by atoms with Gasteiger partial charge in [0.25, 0.3) is 0 Å². The van der Waals surface area contributed by atoms with Crippen LogP contribution in [0, 0.1) is 0 Å². The summed E-state index contributed by atoms with van der Waals surface area (Å²) in [5.74, 6) is -0.891. The van der Waals surface area contributed by atoms with Crippen LogP contribution < -0.4 is 11.5 Å². The van der Waals surface area contributed by atoms with Gasteiger partial charge in [-0.25, -0.2) is 0 Å².